The maximum atomic E-state index is 5.81. The summed E-state index contributed by atoms with van der Waals surface area (Å²) in [5, 5.41) is 0. The zero-order valence-corrected chi connectivity index (χ0v) is 15.2. The number of hydrogen-bond acceptors (Lipinski definition) is 7. The molecule has 25 heavy (non-hydrogen) atoms. The minimum atomic E-state index is 0.240. The lowest BCUT2D eigenvalue weighted by molar-refractivity contribution is 0.373. The number of hydrogen-bond donors (Lipinski definition) is 1. The second-order valence-electron chi connectivity index (χ2n) is 6.69. The van der Waals surface area contributed by atoms with Crippen molar-refractivity contribution >= 4 is 11.8 Å². The Labute approximate surface area is 148 Å². The third-order valence-corrected chi connectivity index (χ3v) is 4.56. The molecule has 0 saturated carbocycles. The lowest BCUT2D eigenvalue weighted by Gasteiger charge is -2.33. The Morgan fingerprint density at radius 2 is 2.20 bits per heavy atom. The molecule has 0 amide bonds. The number of likely N-dealkylation sites (N-methyl/N-ethyl adjacent to an activating group) is 1. The molecule has 0 aromatic carbocycles. The second-order valence-corrected chi connectivity index (χ2v) is 6.69. The van der Waals surface area contributed by atoms with Gasteiger partial charge in [0.1, 0.15) is 11.6 Å². The van der Waals surface area contributed by atoms with Crippen LogP contribution in [0.2, 0.25) is 0 Å². The van der Waals surface area contributed by atoms with Crippen molar-refractivity contribution in [2.45, 2.75) is 25.3 Å². The van der Waals surface area contributed by atoms with E-state index in [1.807, 2.05) is 12.3 Å². The van der Waals surface area contributed by atoms with Gasteiger partial charge in [0.25, 0.3) is 0 Å². The third kappa shape index (κ3) is 4.19. The van der Waals surface area contributed by atoms with Crippen LogP contribution in [0, 0.1) is 0 Å². The highest BCUT2D eigenvalue weighted by Gasteiger charge is 2.26. The zero-order valence-electron chi connectivity index (χ0n) is 15.2. The summed E-state index contributed by atoms with van der Waals surface area (Å²) in [6, 6.07) is 1.84. The molecule has 0 bridgehead atoms. The fourth-order valence-corrected chi connectivity index (χ4v) is 3.27. The molecule has 2 aromatic rings. The molecule has 2 aromatic heterocycles. The number of aromatic nitrogens is 4. The summed E-state index contributed by atoms with van der Waals surface area (Å²) < 4.78 is 7.49. The lowest BCUT2D eigenvalue weighted by Crippen LogP contribution is -2.36. The van der Waals surface area contributed by atoms with Crippen molar-refractivity contribution in [1.82, 2.24) is 24.4 Å². The van der Waals surface area contributed by atoms with Gasteiger partial charge in [-0.05, 0) is 26.9 Å². The molecule has 8 nitrogen and oxygen atoms in total. The average molecular weight is 345 g/mol. The van der Waals surface area contributed by atoms with Gasteiger partial charge in [0.15, 0.2) is 0 Å². The minimum Gasteiger partial charge on any atom is -0.481 e. The van der Waals surface area contributed by atoms with E-state index in [9.17, 15) is 0 Å². The number of ether oxygens (including phenoxy) is 1. The standard InChI is InChI=1S/C17H27N7O/c1-22(2)9-10-23-8-6-19-16(23)13-5-4-7-24(12-13)14-11-15(25-3)21-17(18)20-14/h6,8,11,13H,4-5,7,9-10,12H2,1-3H3,(H2,18,20,21)/t13-/m0/s1. The first-order valence-corrected chi connectivity index (χ1v) is 8.66. The van der Waals surface area contributed by atoms with Gasteiger partial charge < -0.3 is 24.8 Å². The molecule has 2 N–H and O–H groups in total. The van der Waals surface area contributed by atoms with E-state index >= 15 is 0 Å². The second kappa shape index (κ2) is 7.69. The van der Waals surface area contributed by atoms with Crippen molar-refractivity contribution in [2.24, 2.45) is 0 Å². The predicted octanol–water partition coefficient (Wildman–Crippen LogP) is 1.21. The molecule has 3 heterocycles. The Hall–Kier alpha value is -2.35. The fourth-order valence-electron chi connectivity index (χ4n) is 3.27. The van der Waals surface area contributed by atoms with Crippen molar-refractivity contribution in [3.8, 4) is 5.88 Å². The van der Waals surface area contributed by atoms with Crippen LogP contribution in [0.1, 0.15) is 24.6 Å². The van der Waals surface area contributed by atoms with Gasteiger partial charge in [0.05, 0.1) is 7.11 Å². The summed E-state index contributed by atoms with van der Waals surface area (Å²) in [6.07, 6.45) is 6.20. The Kier molecular flexibility index (Phi) is 5.37. The summed E-state index contributed by atoms with van der Waals surface area (Å²) in [6.45, 7) is 3.78. The van der Waals surface area contributed by atoms with E-state index in [-0.39, 0.29) is 5.95 Å². The zero-order chi connectivity index (χ0) is 17.8. The number of piperidine rings is 1. The molecule has 0 aliphatic carbocycles. The molecule has 0 spiro atoms. The highest BCUT2D eigenvalue weighted by atomic mass is 16.5. The summed E-state index contributed by atoms with van der Waals surface area (Å²) in [5.74, 6) is 3.09. The van der Waals surface area contributed by atoms with Gasteiger partial charge in [-0.3, -0.25) is 0 Å². The highest BCUT2D eigenvalue weighted by Crippen LogP contribution is 2.29. The van der Waals surface area contributed by atoms with Crippen LogP contribution in [0.3, 0.4) is 0 Å². The number of nitrogen functional groups attached to an aromatic ring is 1. The van der Waals surface area contributed by atoms with E-state index in [2.05, 4.69) is 49.6 Å². The Morgan fingerprint density at radius 1 is 1.36 bits per heavy atom. The van der Waals surface area contributed by atoms with E-state index in [1.165, 1.54) is 0 Å². The van der Waals surface area contributed by atoms with Gasteiger partial charge in [0, 0.05) is 50.6 Å². The molecule has 1 saturated heterocycles. The Bertz CT molecular complexity index is 700. The SMILES string of the molecule is COc1cc(N2CCC[C@H](c3nccn3CCN(C)C)C2)nc(N)n1. The van der Waals surface area contributed by atoms with Gasteiger partial charge >= 0.3 is 0 Å². The van der Waals surface area contributed by atoms with Crippen molar-refractivity contribution in [1.29, 1.82) is 0 Å². The molecule has 8 heteroatoms. The number of rotatable bonds is 6. The maximum Gasteiger partial charge on any atom is 0.225 e. The van der Waals surface area contributed by atoms with Gasteiger partial charge in [-0.25, -0.2) is 4.98 Å². The summed E-state index contributed by atoms with van der Waals surface area (Å²) in [7, 11) is 5.77. The van der Waals surface area contributed by atoms with Crippen LogP contribution in [-0.4, -0.2) is 65.3 Å². The van der Waals surface area contributed by atoms with Gasteiger partial charge in [-0.2, -0.15) is 9.97 Å². The van der Waals surface area contributed by atoms with Crippen LogP contribution in [0.25, 0.3) is 0 Å². The molecule has 3 rings (SSSR count). The van der Waals surface area contributed by atoms with E-state index in [4.69, 9.17) is 10.5 Å². The van der Waals surface area contributed by atoms with Crippen LogP contribution in [0.15, 0.2) is 18.5 Å². The monoisotopic (exact) mass is 345 g/mol. The quantitative estimate of drug-likeness (QED) is 0.842. The van der Waals surface area contributed by atoms with Crippen LogP contribution >= 0.6 is 0 Å². The van der Waals surface area contributed by atoms with E-state index in [1.54, 1.807) is 7.11 Å². The Morgan fingerprint density at radius 3 is 2.96 bits per heavy atom. The summed E-state index contributed by atoms with van der Waals surface area (Å²) >= 11 is 0. The fraction of sp³-hybridized carbons (Fsp3) is 0.588. The largest absolute Gasteiger partial charge is 0.481 e. The number of nitrogens with zero attached hydrogens (tertiary/aromatic N) is 6. The normalized spacial score (nSPS) is 17.9. The summed E-state index contributed by atoms with van der Waals surface area (Å²) in [4.78, 5) is 17.5. The Balaban J connectivity index is 1.76. The minimum absolute atomic E-state index is 0.240. The average Bonchev–Trinajstić information content (AvgIpc) is 3.08. The van der Waals surface area contributed by atoms with Gasteiger partial charge in [-0.15, -0.1) is 0 Å². The van der Waals surface area contributed by atoms with Crippen molar-refractivity contribution in [3.05, 3.63) is 24.3 Å². The first kappa shape index (κ1) is 17.5. The van der Waals surface area contributed by atoms with Gasteiger partial charge in [-0.1, -0.05) is 0 Å². The molecule has 1 aliphatic heterocycles. The first-order chi connectivity index (χ1) is 12.1. The predicted molar refractivity (Wildman–Crippen MR) is 98.0 cm³/mol. The molecule has 1 aliphatic rings. The first-order valence-electron chi connectivity index (χ1n) is 8.66. The van der Waals surface area contributed by atoms with Crippen molar-refractivity contribution in [3.63, 3.8) is 0 Å². The molecule has 0 radical (unpaired) electrons. The van der Waals surface area contributed by atoms with E-state index in [0.29, 0.717) is 11.8 Å². The topological polar surface area (TPSA) is 85.3 Å². The van der Waals surface area contributed by atoms with E-state index < -0.39 is 0 Å². The smallest absolute Gasteiger partial charge is 0.225 e. The highest BCUT2D eigenvalue weighted by molar-refractivity contribution is 5.46. The molecular weight excluding hydrogens is 318 g/mol. The van der Waals surface area contributed by atoms with Crippen LogP contribution < -0.4 is 15.4 Å². The molecular formula is C17H27N7O. The van der Waals surface area contributed by atoms with Crippen LogP contribution in [0.4, 0.5) is 11.8 Å². The van der Waals surface area contributed by atoms with Crippen LogP contribution in [-0.2, 0) is 6.54 Å². The lowest BCUT2D eigenvalue weighted by atomic mass is 9.97. The van der Waals surface area contributed by atoms with E-state index in [0.717, 1.165) is 50.7 Å². The number of imidazole rings is 1. The van der Waals surface area contributed by atoms with Crippen molar-refractivity contribution < 1.29 is 4.74 Å². The molecule has 1 atom stereocenters. The van der Waals surface area contributed by atoms with Crippen LogP contribution in [0.5, 0.6) is 5.88 Å². The number of nitrogens with two attached hydrogens (primary N) is 1. The molecule has 136 valence electrons. The molecule has 0 unspecified atom stereocenters. The maximum absolute atomic E-state index is 5.81. The number of anilines is 2. The third-order valence-electron chi connectivity index (χ3n) is 4.56. The number of methoxy groups -OCH3 is 1. The van der Waals surface area contributed by atoms with Gasteiger partial charge in [0.2, 0.25) is 11.8 Å². The summed E-state index contributed by atoms with van der Waals surface area (Å²) in [5.41, 5.74) is 5.81. The van der Waals surface area contributed by atoms with Crippen molar-refractivity contribution in [2.75, 3.05) is 51.5 Å². The molecule has 1 fully saturated rings.